The Balaban J connectivity index is 1.92. The molecule has 0 unspecified atom stereocenters. The smallest absolute Gasteiger partial charge is 0.387 e. The fraction of sp³-hybridized carbons (Fsp3) is 0.444. The number of aryl methyl sites for hydroxylation is 3. The van der Waals surface area contributed by atoms with Crippen LogP contribution in [0.25, 0.3) is 0 Å². The zero-order chi connectivity index (χ0) is 19.1. The van der Waals surface area contributed by atoms with Crippen molar-refractivity contribution in [3.8, 4) is 5.75 Å². The molecule has 2 rings (SSSR count). The summed E-state index contributed by atoms with van der Waals surface area (Å²) in [6.45, 7) is 3.77. The Bertz CT molecular complexity index is 740. The molecule has 0 aliphatic heterocycles. The van der Waals surface area contributed by atoms with Crippen LogP contribution in [0, 0.1) is 20.8 Å². The van der Waals surface area contributed by atoms with Crippen LogP contribution in [0.2, 0.25) is 0 Å². The van der Waals surface area contributed by atoms with E-state index in [9.17, 15) is 8.78 Å². The van der Waals surface area contributed by atoms with Crippen molar-refractivity contribution < 1.29 is 18.0 Å². The molecule has 2 aromatic rings. The predicted molar refractivity (Wildman–Crippen MR) is 95.7 cm³/mol. The molecule has 0 fully saturated rings. The molecule has 0 saturated carbocycles. The molecule has 1 aromatic carbocycles. The number of benzene rings is 1. The average molecular weight is 366 g/mol. The second kappa shape index (κ2) is 9.17. The van der Waals surface area contributed by atoms with Crippen molar-refractivity contribution in [2.75, 3.05) is 13.6 Å². The summed E-state index contributed by atoms with van der Waals surface area (Å²) in [6.07, 6.45) is 0.742. The number of nitrogens with zero attached hydrogens (tertiary/aromatic N) is 2. The normalized spacial score (nSPS) is 11.7. The van der Waals surface area contributed by atoms with Crippen molar-refractivity contribution in [1.82, 2.24) is 15.8 Å². The van der Waals surface area contributed by atoms with Crippen LogP contribution in [0.1, 0.15) is 28.1 Å². The number of hydrogen-bond donors (Lipinski definition) is 2. The van der Waals surface area contributed by atoms with E-state index in [1.165, 1.54) is 0 Å². The van der Waals surface area contributed by atoms with Gasteiger partial charge in [-0.15, -0.1) is 0 Å². The van der Waals surface area contributed by atoms with Gasteiger partial charge in [-0.25, -0.2) is 0 Å². The van der Waals surface area contributed by atoms with E-state index >= 15 is 0 Å². The van der Waals surface area contributed by atoms with E-state index in [1.807, 2.05) is 26.8 Å². The summed E-state index contributed by atoms with van der Waals surface area (Å²) in [7, 11) is 1.65. The van der Waals surface area contributed by atoms with Gasteiger partial charge in [0.2, 0.25) is 0 Å². The third kappa shape index (κ3) is 5.44. The fourth-order valence-corrected chi connectivity index (χ4v) is 2.62. The lowest BCUT2D eigenvalue weighted by Gasteiger charge is -2.15. The van der Waals surface area contributed by atoms with Gasteiger partial charge in [0.15, 0.2) is 5.96 Å². The van der Waals surface area contributed by atoms with Gasteiger partial charge >= 0.3 is 6.61 Å². The maximum Gasteiger partial charge on any atom is 0.387 e. The molecule has 26 heavy (non-hydrogen) atoms. The van der Waals surface area contributed by atoms with E-state index in [-0.39, 0.29) is 5.75 Å². The quantitative estimate of drug-likeness (QED) is 0.582. The van der Waals surface area contributed by atoms with Crippen LogP contribution < -0.4 is 15.4 Å². The number of aromatic nitrogens is 1. The van der Waals surface area contributed by atoms with Gasteiger partial charge in [-0.2, -0.15) is 8.78 Å². The van der Waals surface area contributed by atoms with Crippen LogP contribution in [0.4, 0.5) is 8.78 Å². The van der Waals surface area contributed by atoms with Crippen molar-refractivity contribution in [1.29, 1.82) is 0 Å². The van der Waals surface area contributed by atoms with Crippen LogP contribution >= 0.6 is 0 Å². The maximum absolute atomic E-state index is 12.5. The van der Waals surface area contributed by atoms with Gasteiger partial charge in [0.25, 0.3) is 0 Å². The molecular weight excluding hydrogens is 342 g/mol. The number of alkyl halides is 2. The van der Waals surface area contributed by atoms with Crippen LogP contribution in [-0.2, 0) is 13.0 Å². The molecule has 1 heterocycles. The summed E-state index contributed by atoms with van der Waals surface area (Å²) in [5.74, 6) is 1.53. The molecule has 0 bridgehead atoms. The van der Waals surface area contributed by atoms with Crippen LogP contribution in [-0.4, -0.2) is 31.3 Å². The van der Waals surface area contributed by atoms with Crippen LogP contribution in [0.15, 0.2) is 27.7 Å². The Morgan fingerprint density at radius 2 is 2.04 bits per heavy atom. The molecule has 1 aromatic heterocycles. The lowest BCUT2D eigenvalue weighted by Crippen LogP contribution is -2.38. The number of aliphatic imine (C=N–C) groups is 1. The Hall–Kier alpha value is -2.64. The summed E-state index contributed by atoms with van der Waals surface area (Å²) in [5, 5.41) is 10.2. The topological polar surface area (TPSA) is 71.7 Å². The second-order valence-electron chi connectivity index (χ2n) is 5.89. The van der Waals surface area contributed by atoms with E-state index in [0.717, 1.165) is 29.0 Å². The first-order chi connectivity index (χ1) is 12.4. The standard InChI is InChI=1S/C18H24F2N4O2/c1-11-5-6-16(25-17(19)20)14(9-11)10-23-18(21-4)22-8-7-15-12(2)24-26-13(15)3/h5-6,9,17H,7-8,10H2,1-4H3,(H2,21,22,23). The SMILES string of the molecule is CN=C(NCCc1c(C)noc1C)NCc1cc(C)ccc1OC(F)F. The highest BCUT2D eigenvalue weighted by atomic mass is 19.3. The van der Waals surface area contributed by atoms with Crippen molar-refractivity contribution in [3.63, 3.8) is 0 Å². The molecule has 0 aliphatic rings. The van der Waals surface area contributed by atoms with Gasteiger partial charge in [-0.05, 0) is 33.3 Å². The molecule has 0 radical (unpaired) electrons. The minimum absolute atomic E-state index is 0.157. The molecule has 0 spiro atoms. The number of guanidine groups is 1. The fourth-order valence-electron chi connectivity index (χ4n) is 2.62. The molecule has 0 saturated heterocycles. The molecule has 142 valence electrons. The minimum Gasteiger partial charge on any atom is -0.434 e. The largest absolute Gasteiger partial charge is 0.434 e. The first kappa shape index (κ1) is 19.7. The number of nitrogens with one attached hydrogen (secondary N) is 2. The summed E-state index contributed by atoms with van der Waals surface area (Å²) >= 11 is 0. The van der Waals surface area contributed by atoms with Gasteiger partial charge < -0.3 is 19.9 Å². The zero-order valence-electron chi connectivity index (χ0n) is 15.4. The van der Waals surface area contributed by atoms with E-state index in [4.69, 9.17) is 4.52 Å². The summed E-state index contributed by atoms with van der Waals surface area (Å²) in [6, 6.07) is 5.09. The number of hydrogen-bond acceptors (Lipinski definition) is 4. The summed E-state index contributed by atoms with van der Waals surface area (Å²) in [4.78, 5) is 4.15. The molecule has 6 nitrogen and oxygen atoms in total. The Morgan fingerprint density at radius 3 is 2.65 bits per heavy atom. The van der Waals surface area contributed by atoms with Gasteiger partial charge in [0.05, 0.1) is 5.69 Å². The lowest BCUT2D eigenvalue weighted by atomic mass is 10.1. The highest BCUT2D eigenvalue weighted by Crippen LogP contribution is 2.22. The molecule has 2 N–H and O–H groups in total. The Labute approximate surface area is 151 Å². The summed E-state index contributed by atoms with van der Waals surface area (Å²) in [5.41, 5.74) is 3.55. The van der Waals surface area contributed by atoms with Gasteiger partial charge in [-0.3, -0.25) is 4.99 Å². The highest BCUT2D eigenvalue weighted by molar-refractivity contribution is 5.79. The lowest BCUT2D eigenvalue weighted by molar-refractivity contribution is -0.0504. The minimum atomic E-state index is -2.86. The second-order valence-corrected chi connectivity index (χ2v) is 5.89. The molecule has 8 heteroatoms. The van der Waals surface area contributed by atoms with E-state index < -0.39 is 6.61 Å². The van der Waals surface area contributed by atoms with Crippen molar-refractivity contribution in [2.24, 2.45) is 4.99 Å². The molecule has 0 aliphatic carbocycles. The third-order valence-electron chi connectivity index (χ3n) is 3.95. The van der Waals surface area contributed by atoms with Crippen LogP contribution in [0.5, 0.6) is 5.75 Å². The third-order valence-corrected chi connectivity index (χ3v) is 3.95. The molecule has 0 atom stereocenters. The maximum atomic E-state index is 12.5. The van der Waals surface area contributed by atoms with Gasteiger partial charge in [0, 0.05) is 31.3 Å². The van der Waals surface area contributed by atoms with Crippen molar-refractivity contribution in [3.05, 3.63) is 46.3 Å². The first-order valence-corrected chi connectivity index (χ1v) is 8.31. The van der Waals surface area contributed by atoms with Crippen molar-refractivity contribution in [2.45, 2.75) is 40.3 Å². The number of ether oxygens (including phenoxy) is 1. The van der Waals surface area contributed by atoms with E-state index in [1.54, 1.807) is 19.2 Å². The average Bonchev–Trinajstić information content (AvgIpc) is 2.91. The number of halogens is 2. The predicted octanol–water partition coefficient (Wildman–Crippen LogP) is 3.11. The van der Waals surface area contributed by atoms with Gasteiger partial charge in [0.1, 0.15) is 11.5 Å². The molecule has 0 amide bonds. The Morgan fingerprint density at radius 1 is 1.27 bits per heavy atom. The highest BCUT2D eigenvalue weighted by Gasteiger charge is 2.11. The molecular formula is C18H24F2N4O2. The monoisotopic (exact) mass is 366 g/mol. The number of rotatable bonds is 7. The van der Waals surface area contributed by atoms with E-state index in [2.05, 4.69) is 25.5 Å². The summed E-state index contributed by atoms with van der Waals surface area (Å²) < 4.78 is 34.8. The zero-order valence-corrected chi connectivity index (χ0v) is 15.4. The van der Waals surface area contributed by atoms with Gasteiger partial charge in [-0.1, -0.05) is 22.9 Å². The van der Waals surface area contributed by atoms with Crippen molar-refractivity contribution >= 4 is 5.96 Å². The van der Waals surface area contributed by atoms with E-state index in [0.29, 0.717) is 24.6 Å². The van der Waals surface area contributed by atoms with Crippen LogP contribution in [0.3, 0.4) is 0 Å². The first-order valence-electron chi connectivity index (χ1n) is 8.31. The Kier molecular flexibility index (Phi) is 6.94.